The molecule has 5 nitrogen and oxygen atoms in total. The molecular formula is C12H19N3O2. The van der Waals surface area contributed by atoms with Crippen LogP contribution in [0, 0.1) is 0 Å². The minimum absolute atomic E-state index is 0.0444. The van der Waals surface area contributed by atoms with Gasteiger partial charge in [0, 0.05) is 19.7 Å². The number of hydrogen-bond acceptors (Lipinski definition) is 5. The van der Waals surface area contributed by atoms with Crippen molar-refractivity contribution in [1.82, 2.24) is 4.98 Å². The van der Waals surface area contributed by atoms with Gasteiger partial charge in [-0.15, -0.1) is 0 Å². The van der Waals surface area contributed by atoms with Crippen molar-refractivity contribution in [2.75, 3.05) is 31.8 Å². The first-order chi connectivity index (χ1) is 8.19. The number of ether oxygens (including phenoxy) is 2. The maximum atomic E-state index is 5.85. The topological polar surface area (TPSA) is 69.4 Å². The average molecular weight is 237 g/mol. The number of pyridine rings is 1. The summed E-state index contributed by atoms with van der Waals surface area (Å²) in [6, 6.07) is 3.53. The van der Waals surface area contributed by atoms with Crippen LogP contribution in [0.2, 0.25) is 0 Å². The van der Waals surface area contributed by atoms with Gasteiger partial charge in [0.05, 0.1) is 18.4 Å². The summed E-state index contributed by atoms with van der Waals surface area (Å²) in [6.45, 7) is 0.730. The normalized spacial score (nSPS) is 17.3. The van der Waals surface area contributed by atoms with E-state index in [4.69, 9.17) is 15.2 Å². The molecule has 1 aromatic heterocycles. The molecule has 1 heterocycles. The van der Waals surface area contributed by atoms with Crippen LogP contribution < -0.4 is 15.8 Å². The van der Waals surface area contributed by atoms with Crippen molar-refractivity contribution in [1.29, 1.82) is 0 Å². The van der Waals surface area contributed by atoms with Crippen LogP contribution in [0.25, 0.3) is 0 Å². The molecule has 0 radical (unpaired) electrons. The highest BCUT2D eigenvalue weighted by atomic mass is 16.5. The molecule has 1 aliphatic carbocycles. The average Bonchev–Trinajstić information content (AvgIpc) is 2.30. The van der Waals surface area contributed by atoms with Gasteiger partial charge in [0.2, 0.25) is 5.88 Å². The molecule has 0 saturated heterocycles. The number of methoxy groups -OCH3 is 2. The van der Waals surface area contributed by atoms with Crippen LogP contribution in [0.3, 0.4) is 0 Å². The summed E-state index contributed by atoms with van der Waals surface area (Å²) in [4.78, 5) is 4.27. The quantitative estimate of drug-likeness (QED) is 0.815. The molecule has 1 aromatic rings. The van der Waals surface area contributed by atoms with Gasteiger partial charge in [-0.05, 0) is 25.3 Å². The smallest absolute Gasteiger partial charge is 0.215 e. The molecule has 1 saturated carbocycles. The summed E-state index contributed by atoms with van der Waals surface area (Å²) < 4.78 is 10.6. The SMILES string of the molecule is COc1ccc(N)c(NCC2(OC)CCC2)n1. The number of anilines is 2. The lowest BCUT2D eigenvalue weighted by molar-refractivity contribution is -0.0601. The molecule has 0 spiro atoms. The van der Waals surface area contributed by atoms with Gasteiger partial charge in [-0.1, -0.05) is 0 Å². The number of nitrogen functional groups attached to an aromatic ring is 1. The van der Waals surface area contributed by atoms with Crippen molar-refractivity contribution < 1.29 is 9.47 Å². The second-order valence-electron chi connectivity index (χ2n) is 4.39. The number of nitrogens with two attached hydrogens (primary N) is 1. The Morgan fingerprint density at radius 3 is 2.71 bits per heavy atom. The van der Waals surface area contributed by atoms with E-state index in [0.29, 0.717) is 17.4 Å². The molecule has 0 atom stereocenters. The van der Waals surface area contributed by atoms with Gasteiger partial charge in [-0.25, -0.2) is 0 Å². The van der Waals surface area contributed by atoms with E-state index in [0.717, 1.165) is 19.4 Å². The lowest BCUT2D eigenvalue weighted by Gasteiger charge is -2.40. The largest absolute Gasteiger partial charge is 0.481 e. The molecule has 0 unspecified atom stereocenters. The van der Waals surface area contributed by atoms with Crippen LogP contribution in [0.5, 0.6) is 5.88 Å². The fourth-order valence-corrected chi connectivity index (χ4v) is 1.98. The maximum Gasteiger partial charge on any atom is 0.215 e. The Hall–Kier alpha value is -1.49. The predicted octanol–water partition coefficient (Wildman–Crippen LogP) is 1.65. The van der Waals surface area contributed by atoms with Crippen LogP contribution in [0.1, 0.15) is 19.3 Å². The monoisotopic (exact) mass is 237 g/mol. The van der Waals surface area contributed by atoms with Gasteiger partial charge in [0.25, 0.3) is 0 Å². The summed E-state index contributed by atoms with van der Waals surface area (Å²) in [6.07, 6.45) is 3.39. The molecular weight excluding hydrogens is 218 g/mol. The zero-order chi connectivity index (χ0) is 12.3. The van der Waals surface area contributed by atoms with Crippen molar-refractivity contribution >= 4 is 11.5 Å². The van der Waals surface area contributed by atoms with E-state index < -0.39 is 0 Å². The molecule has 0 amide bonds. The Morgan fingerprint density at radius 1 is 1.41 bits per heavy atom. The zero-order valence-electron chi connectivity index (χ0n) is 10.3. The Morgan fingerprint density at radius 2 is 2.18 bits per heavy atom. The number of nitrogens with one attached hydrogen (secondary N) is 1. The molecule has 0 aromatic carbocycles. The Labute approximate surface area is 101 Å². The second-order valence-corrected chi connectivity index (χ2v) is 4.39. The Bertz CT molecular complexity index is 386. The number of nitrogens with zero attached hydrogens (tertiary/aromatic N) is 1. The van der Waals surface area contributed by atoms with Crippen LogP contribution in [-0.2, 0) is 4.74 Å². The van der Waals surface area contributed by atoms with E-state index in [9.17, 15) is 0 Å². The van der Waals surface area contributed by atoms with E-state index in [1.165, 1.54) is 6.42 Å². The first-order valence-electron chi connectivity index (χ1n) is 5.79. The third-order valence-electron chi connectivity index (χ3n) is 3.39. The van der Waals surface area contributed by atoms with Gasteiger partial charge in [0.1, 0.15) is 0 Å². The lowest BCUT2D eigenvalue weighted by atomic mass is 9.80. The minimum Gasteiger partial charge on any atom is -0.481 e. The fraction of sp³-hybridized carbons (Fsp3) is 0.583. The van der Waals surface area contributed by atoms with Crippen LogP contribution >= 0.6 is 0 Å². The molecule has 94 valence electrons. The highest BCUT2D eigenvalue weighted by molar-refractivity contribution is 5.62. The van der Waals surface area contributed by atoms with E-state index in [-0.39, 0.29) is 5.60 Å². The number of hydrogen-bond donors (Lipinski definition) is 2. The van der Waals surface area contributed by atoms with Crippen molar-refractivity contribution in [2.45, 2.75) is 24.9 Å². The summed E-state index contributed by atoms with van der Waals surface area (Å²) >= 11 is 0. The fourth-order valence-electron chi connectivity index (χ4n) is 1.98. The van der Waals surface area contributed by atoms with Gasteiger partial charge in [-0.2, -0.15) is 4.98 Å². The van der Waals surface area contributed by atoms with Crippen LogP contribution in [0.4, 0.5) is 11.5 Å². The molecule has 17 heavy (non-hydrogen) atoms. The summed E-state index contributed by atoms with van der Waals surface area (Å²) in [7, 11) is 3.34. The van der Waals surface area contributed by atoms with Gasteiger partial charge >= 0.3 is 0 Å². The molecule has 1 fully saturated rings. The zero-order valence-corrected chi connectivity index (χ0v) is 10.3. The molecule has 2 rings (SSSR count). The number of rotatable bonds is 5. The maximum absolute atomic E-state index is 5.85. The van der Waals surface area contributed by atoms with E-state index in [1.807, 2.05) is 0 Å². The van der Waals surface area contributed by atoms with Crippen LogP contribution in [-0.4, -0.2) is 31.3 Å². The Balaban J connectivity index is 2.02. The van der Waals surface area contributed by atoms with Gasteiger partial charge < -0.3 is 20.5 Å². The van der Waals surface area contributed by atoms with E-state index in [1.54, 1.807) is 26.4 Å². The molecule has 3 N–H and O–H groups in total. The highest BCUT2D eigenvalue weighted by Gasteiger charge is 2.36. The van der Waals surface area contributed by atoms with Gasteiger partial charge in [0.15, 0.2) is 5.82 Å². The van der Waals surface area contributed by atoms with E-state index >= 15 is 0 Å². The number of aromatic nitrogens is 1. The molecule has 0 aliphatic heterocycles. The van der Waals surface area contributed by atoms with Crippen LogP contribution in [0.15, 0.2) is 12.1 Å². The van der Waals surface area contributed by atoms with Crippen molar-refractivity contribution in [3.63, 3.8) is 0 Å². The first-order valence-corrected chi connectivity index (χ1v) is 5.79. The predicted molar refractivity (Wildman–Crippen MR) is 67.3 cm³/mol. The summed E-state index contributed by atoms with van der Waals surface area (Å²) in [5.74, 6) is 1.22. The van der Waals surface area contributed by atoms with Crippen molar-refractivity contribution in [3.8, 4) is 5.88 Å². The van der Waals surface area contributed by atoms with Crippen molar-refractivity contribution in [3.05, 3.63) is 12.1 Å². The molecule has 5 heteroatoms. The van der Waals surface area contributed by atoms with Gasteiger partial charge in [-0.3, -0.25) is 0 Å². The highest BCUT2D eigenvalue weighted by Crippen LogP contribution is 2.35. The first kappa shape index (κ1) is 12.0. The minimum atomic E-state index is -0.0444. The standard InChI is InChI=1S/C12H19N3O2/c1-16-10-5-4-9(13)11(15-10)14-8-12(17-2)6-3-7-12/h4-5H,3,6-8,13H2,1-2H3,(H,14,15). The van der Waals surface area contributed by atoms with Crippen molar-refractivity contribution in [2.24, 2.45) is 0 Å². The third kappa shape index (κ3) is 2.44. The summed E-state index contributed by atoms with van der Waals surface area (Å²) in [5, 5.41) is 3.24. The second kappa shape index (κ2) is 4.79. The third-order valence-corrected chi connectivity index (χ3v) is 3.39. The van der Waals surface area contributed by atoms with E-state index in [2.05, 4.69) is 10.3 Å². The summed E-state index contributed by atoms with van der Waals surface area (Å²) in [5.41, 5.74) is 6.43. The Kier molecular flexibility index (Phi) is 3.38. The molecule has 0 bridgehead atoms. The lowest BCUT2D eigenvalue weighted by Crippen LogP contribution is -2.45. The molecule has 1 aliphatic rings.